The Morgan fingerprint density at radius 1 is 1.07 bits per heavy atom. The van der Waals surface area contributed by atoms with Crippen molar-refractivity contribution in [3.63, 3.8) is 0 Å². The quantitative estimate of drug-likeness (QED) is 0.182. The van der Waals surface area contributed by atoms with Gasteiger partial charge >= 0.3 is 11.9 Å². The summed E-state index contributed by atoms with van der Waals surface area (Å²) in [4.78, 5) is 31.2. The number of rotatable bonds is 12. The molecule has 1 aromatic heterocycles. The number of nitrogens with zero attached hydrogens (tertiary/aromatic N) is 2. The van der Waals surface area contributed by atoms with E-state index in [-0.39, 0.29) is 35.2 Å². The molecule has 0 bridgehead atoms. The summed E-state index contributed by atoms with van der Waals surface area (Å²) >= 11 is 0. The van der Waals surface area contributed by atoms with Gasteiger partial charge in [-0.1, -0.05) is 18.2 Å². The van der Waals surface area contributed by atoms with Crippen molar-refractivity contribution in [1.82, 2.24) is 9.88 Å². The number of carboxylic acids is 1. The van der Waals surface area contributed by atoms with Gasteiger partial charge < -0.3 is 14.6 Å². The van der Waals surface area contributed by atoms with Crippen molar-refractivity contribution in [2.24, 2.45) is 5.92 Å². The molecule has 2 unspecified atom stereocenters. The normalized spacial score (nSPS) is 15.5. The van der Waals surface area contributed by atoms with Crippen molar-refractivity contribution < 1.29 is 33.0 Å². The average molecular weight is 581 g/mol. The molecule has 0 spiro atoms. The van der Waals surface area contributed by atoms with Crippen LogP contribution in [0, 0.1) is 11.7 Å². The largest absolute Gasteiger partial charge is 0.481 e. The van der Waals surface area contributed by atoms with Gasteiger partial charge in [0.15, 0.2) is 0 Å². The van der Waals surface area contributed by atoms with E-state index in [1.165, 1.54) is 19.2 Å². The standard InChI is InChI=1S/C33H38F2N2O5/c1-19(2)37(20(3)4)18-24-14-23(12-13-26(24)27-16-29(41-6)36-17-28(27)34)31(38)42-25-9-7-8-22(15-25)30(21-10-11-21)33(5,35)32(39)40/h7-9,12-17,19-21,30H,10-11,18H2,1-6H3,(H,39,40). The number of aromatic nitrogens is 1. The first-order chi connectivity index (χ1) is 19.8. The second-order valence-electron chi connectivity index (χ2n) is 11.6. The van der Waals surface area contributed by atoms with E-state index in [2.05, 4.69) is 37.6 Å². The molecular formula is C33H38F2N2O5. The molecule has 0 radical (unpaired) electrons. The lowest BCUT2D eigenvalue weighted by Gasteiger charge is -2.31. The van der Waals surface area contributed by atoms with E-state index in [1.54, 1.807) is 36.4 Å². The second kappa shape index (κ2) is 12.6. The van der Waals surface area contributed by atoms with Gasteiger partial charge in [-0.25, -0.2) is 23.4 Å². The van der Waals surface area contributed by atoms with Crippen LogP contribution >= 0.6 is 0 Å². The van der Waals surface area contributed by atoms with E-state index in [9.17, 15) is 19.1 Å². The zero-order valence-electron chi connectivity index (χ0n) is 24.9. The lowest BCUT2D eigenvalue weighted by atomic mass is 9.81. The molecule has 1 aliphatic rings. The highest BCUT2D eigenvalue weighted by Gasteiger charge is 2.50. The summed E-state index contributed by atoms with van der Waals surface area (Å²) in [5.41, 5.74) is -0.114. The second-order valence-corrected chi connectivity index (χ2v) is 11.6. The van der Waals surface area contributed by atoms with Crippen LogP contribution in [0.3, 0.4) is 0 Å². The maximum atomic E-state index is 15.3. The molecule has 0 amide bonds. The Labute approximate surface area is 245 Å². The van der Waals surface area contributed by atoms with Crippen molar-refractivity contribution in [2.45, 2.75) is 77.7 Å². The monoisotopic (exact) mass is 580 g/mol. The number of carbonyl (C=O) groups is 2. The molecule has 1 fully saturated rings. The number of methoxy groups -OCH3 is 1. The van der Waals surface area contributed by atoms with Gasteiger partial charge in [0, 0.05) is 36.2 Å². The molecule has 1 N–H and O–H groups in total. The number of benzene rings is 2. The third kappa shape index (κ3) is 6.78. The topological polar surface area (TPSA) is 89.0 Å². The summed E-state index contributed by atoms with van der Waals surface area (Å²) in [6.45, 7) is 9.81. The first-order valence-corrected chi connectivity index (χ1v) is 14.2. The molecule has 3 aromatic rings. The molecule has 4 rings (SSSR count). The van der Waals surface area contributed by atoms with Gasteiger partial charge in [-0.05, 0) is 94.3 Å². The van der Waals surface area contributed by atoms with Gasteiger partial charge in [0.25, 0.3) is 0 Å². The van der Waals surface area contributed by atoms with Crippen LogP contribution < -0.4 is 9.47 Å². The molecule has 224 valence electrons. The van der Waals surface area contributed by atoms with Crippen LogP contribution in [0.1, 0.15) is 74.9 Å². The SMILES string of the molecule is COc1cc(-c2ccc(C(=O)Oc3cccc(C(C4CC4)C(C)(F)C(=O)O)c3)cc2CN(C(C)C)C(C)C)c(F)cn1. The fraction of sp³-hybridized carbons (Fsp3) is 0.424. The fourth-order valence-electron chi connectivity index (χ4n) is 5.54. The minimum absolute atomic E-state index is 0.0887. The number of aliphatic carboxylic acids is 1. The minimum atomic E-state index is -2.46. The predicted octanol–water partition coefficient (Wildman–Crippen LogP) is 7.04. The van der Waals surface area contributed by atoms with Gasteiger partial charge in [-0.15, -0.1) is 0 Å². The Morgan fingerprint density at radius 2 is 1.76 bits per heavy atom. The summed E-state index contributed by atoms with van der Waals surface area (Å²) in [6, 6.07) is 13.2. The molecule has 1 saturated carbocycles. The van der Waals surface area contributed by atoms with Crippen LogP contribution in [0.4, 0.5) is 8.78 Å². The Morgan fingerprint density at radius 3 is 2.36 bits per heavy atom. The number of carboxylic acid groups (broad SMARTS) is 1. The van der Waals surface area contributed by atoms with Crippen molar-refractivity contribution in [1.29, 1.82) is 0 Å². The predicted molar refractivity (Wildman–Crippen MR) is 156 cm³/mol. The Bertz CT molecular complexity index is 1440. The zero-order chi connectivity index (χ0) is 30.8. The number of halogens is 2. The number of esters is 1. The van der Waals surface area contributed by atoms with E-state index < -0.39 is 29.3 Å². The molecule has 1 heterocycles. The number of ether oxygens (including phenoxy) is 2. The molecular weight excluding hydrogens is 542 g/mol. The number of pyridine rings is 1. The van der Waals surface area contributed by atoms with Crippen LogP contribution in [0.15, 0.2) is 54.7 Å². The summed E-state index contributed by atoms with van der Waals surface area (Å²) in [6.07, 6.45) is 2.59. The highest BCUT2D eigenvalue weighted by Crippen LogP contribution is 2.50. The molecule has 0 aliphatic heterocycles. The molecule has 42 heavy (non-hydrogen) atoms. The highest BCUT2D eigenvalue weighted by atomic mass is 19.1. The van der Waals surface area contributed by atoms with E-state index in [1.807, 2.05) is 0 Å². The van der Waals surface area contributed by atoms with E-state index in [0.717, 1.165) is 31.5 Å². The number of hydrogen-bond acceptors (Lipinski definition) is 6. The van der Waals surface area contributed by atoms with E-state index in [0.29, 0.717) is 23.2 Å². The summed E-state index contributed by atoms with van der Waals surface area (Å²) < 4.78 is 41.2. The van der Waals surface area contributed by atoms with Crippen LogP contribution in [0.2, 0.25) is 0 Å². The molecule has 7 nitrogen and oxygen atoms in total. The van der Waals surface area contributed by atoms with Gasteiger partial charge in [0.05, 0.1) is 18.9 Å². The number of carbonyl (C=O) groups excluding carboxylic acids is 1. The lowest BCUT2D eigenvalue weighted by molar-refractivity contribution is -0.151. The van der Waals surface area contributed by atoms with Crippen molar-refractivity contribution >= 4 is 11.9 Å². The molecule has 2 atom stereocenters. The van der Waals surface area contributed by atoms with Gasteiger partial charge in [0.2, 0.25) is 11.5 Å². The smallest absolute Gasteiger partial charge is 0.343 e. The van der Waals surface area contributed by atoms with Crippen LogP contribution in [0.25, 0.3) is 11.1 Å². The van der Waals surface area contributed by atoms with Crippen LogP contribution in [0.5, 0.6) is 11.6 Å². The maximum absolute atomic E-state index is 15.3. The number of hydrogen-bond donors (Lipinski definition) is 1. The average Bonchev–Trinajstić information content (AvgIpc) is 3.76. The number of alkyl halides is 1. The summed E-state index contributed by atoms with van der Waals surface area (Å²) in [5, 5.41) is 9.52. The molecule has 2 aromatic carbocycles. The molecule has 0 saturated heterocycles. The molecule has 1 aliphatic carbocycles. The first kappa shape index (κ1) is 31.1. The van der Waals surface area contributed by atoms with Crippen molar-refractivity contribution in [3.8, 4) is 22.8 Å². The fourth-order valence-corrected chi connectivity index (χ4v) is 5.54. The summed E-state index contributed by atoms with van der Waals surface area (Å²) in [7, 11) is 1.46. The van der Waals surface area contributed by atoms with Crippen molar-refractivity contribution in [2.75, 3.05) is 7.11 Å². The first-order valence-electron chi connectivity index (χ1n) is 14.2. The minimum Gasteiger partial charge on any atom is -0.481 e. The highest BCUT2D eigenvalue weighted by molar-refractivity contribution is 5.92. The van der Waals surface area contributed by atoms with E-state index >= 15 is 4.39 Å². The Kier molecular flexibility index (Phi) is 9.30. The van der Waals surface area contributed by atoms with E-state index in [4.69, 9.17) is 9.47 Å². The van der Waals surface area contributed by atoms with Crippen LogP contribution in [-0.2, 0) is 11.3 Å². The van der Waals surface area contributed by atoms with Gasteiger partial charge in [0.1, 0.15) is 11.6 Å². The summed E-state index contributed by atoms with van der Waals surface area (Å²) in [5.74, 6) is -3.17. The Hall–Kier alpha value is -3.85. The van der Waals surface area contributed by atoms with Gasteiger partial charge in [-0.2, -0.15) is 0 Å². The van der Waals surface area contributed by atoms with Crippen molar-refractivity contribution in [3.05, 3.63) is 77.2 Å². The lowest BCUT2D eigenvalue weighted by Crippen LogP contribution is -2.38. The maximum Gasteiger partial charge on any atom is 0.343 e. The molecule has 9 heteroatoms. The van der Waals surface area contributed by atoms with Crippen LogP contribution in [-0.4, -0.2) is 51.8 Å². The zero-order valence-corrected chi connectivity index (χ0v) is 24.9. The third-order valence-corrected chi connectivity index (χ3v) is 7.87. The third-order valence-electron chi connectivity index (χ3n) is 7.87. The Balaban J connectivity index is 1.69. The van der Waals surface area contributed by atoms with Gasteiger partial charge in [-0.3, -0.25) is 4.90 Å².